The Morgan fingerprint density at radius 1 is 0.778 bits per heavy atom. The first-order chi connectivity index (χ1) is 13.3. The van der Waals surface area contributed by atoms with Gasteiger partial charge in [-0.15, -0.1) is 0 Å². The van der Waals surface area contributed by atoms with Crippen molar-refractivity contribution in [1.29, 1.82) is 0 Å². The molecule has 1 aliphatic rings. The maximum atomic E-state index is 6.22. The highest BCUT2D eigenvalue weighted by atomic mass is 16.5. The number of hydrogen-bond acceptors (Lipinski definition) is 1. The summed E-state index contributed by atoms with van der Waals surface area (Å²) in [6.07, 6.45) is 12.0. The monoisotopic (exact) mass is 364 g/mol. The lowest BCUT2D eigenvalue weighted by molar-refractivity contribution is -0.0198. The molecule has 0 bridgehead atoms. The minimum atomic E-state index is 0.290. The van der Waals surface area contributed by atoms with Gasteiger partial charge in [0.25, 0.3) is 0 Å². The van der Waals surface area contributed by atoms with Crippen molar-refractivity contribution in [2.24, 2.45) is 5.92 Å². The molecule has 146 valence electrons. The van der Waals surface area contributed by atoms with Crippen LogP contribution in [0.2, 0.25) is 0 Å². The van der Waals surface area contributed by atoms with Crippen LogP contribution in [0.15, 0.2) is 48.5 Å². The predicted molar refractivity (Wildman–Crippen MR) is 116 cm³/mol. The Hall–Kier alpha value is -1.60. The molecular formula is C26H36O. The van der Waals surface area contributed by atoms with Crippen LogP contribution in [0.4, 0.5) is 0 Å². The summed E-state index contributed by atoms with van der Waals surface area (Å²) in [5.74, 6) is 0.777. The summed E-state index contributed by atoms with van der Waals surface area (Å²) in [5.41, 5.74) is 5.37. The molecule has 1 heteroatoms. The lowest BCUT2D eigenvalue weighted by Crippen LogP contribution is -2.20. The lowest BCUT2D eigenvalue weighted by Gasteiger charge is -2.29. The maximum absolute atomic E-state index is 6.22. The first kappa shape index (κ1) is 20.1. The highest BCUT2D eigenvalue weighted by Crippen LogP contribution is 2.33. The van der Waals surface area contributed by atoms with Crippen LogP contribution in [0.25, 0.3) is 11.1 Å². The molecule has 0 amide bonds. The summed E-state index contributed by atoms with van der Waals surface area (Å²) < 4.78 is 6.22. The van der Waals surface area contributed by atoms with E-state index in [0.717, 1.165) is 18.9 Å². The van der Waals surface area contributed by atoms with Gasteiger partial charge in [0, 0.05) is 0 Å². The third kappa shape index (κ3) is 5.94. The second-order valence-corrected chi connectivity index (χ2v) is 8.18. The Kier molecular flexibility index (Phi) is 7.95. The Labute approximate surface area is 166 Å². The van der Waals surface area contributed by atoms with Gasteiger partial charge in [-0.2, -0.15) is 0 Å². The van der Waals surface area contributed by atoms with Crippen LogP contribution in [0, 0.1) is 5.92 Å². The SMILES string of the molecule is CCCCCCC1CCC(c2ccc(-c3ccc(CCC)cc3)cc2)OC1. The van der Waals surface area contributed by atoms with Crippen molar-refractivity contribution in [2.45, 2.75) is 77.7 Å². The van der Waals surface area contributed by atoms with Crippen molar-refractivity contribution in [3.05, 3.63) is 59.7 Å². The fraction of sp³-hybridized carbons (Fsp3) is 0.538. The fourth-order valence-corrected chi connectivity index (χ4v) is 4.20. The summed E-state index contributed by atoms with van der Waals surface area (Å²) in [5, 5.41) is 0. The Bertz CT molecular complexity index is 648. The fourth-order valence-electron chi connectivity index (χ4n) is 4.20. The Balaban J connectivity index is 1.50. The van der Waals surface area contributed by atoms with Gasteiger partial charge in [-0.3, -0.25) is 0 Å². The largest absolute Gasteiger partial charge is 0.373 e. The van der Waals surface area contributed by atoms with Crippen molar-refractivity contribution in [2.75, 3.05) is 6.61 Å². The first-order valence-electron chi connectivity index (χ1n) is 11.1. The number of rotatable bonds is 9. The molecule has 27 heavy (non-hydrogen) atoms. The van der Waals surface area contributed by atoms with Crippen LogP contribution in [0.3, 0.4) is 0 Å². The van der Waals surface area contributed by atoms with Gasteiger partial charge in [-0.1, -0.05) is 94.5 Å². The molecule has 0 radical (unpaired) electrons. The quantitative estimate of drug-likeness (QED) is 0.413. The van der Waals surface area contributed by atoms with E-state index in [1.165, 1.54) is 73.6 Å². The van der Waals surface area contributed by atoms with Gasteiger partial charge in [0.1, 0.15) is 0 Å². The van der Waals surface area contributed by atoms with Crippen molar-refractivity contribution >= 4 is 0 Å². The molecule has 2 aromatic carbocycles. The number of unbranched alkanes of at least 4 members (excludes halogenated alkanes) is 3. The standard InChI is InChI=1S/C26H36O/c1-3-5-6-7-9-22-12-19-26(27-20-22)25-17-15-24(16-18-25)23-13-10-21(8-4-2)11-14-23/h10-11,13-18,22,26H,3-9,12,19-20H2,1-2H3. The van der Waals surface area contributed by atoms with E-state index in [2.05, 4.69) is 62.4 Å². The average Bonchev–Trinajstić information content (AvgIpc) is 2.73. The van der Waals surface area contributed by atoms with Crippen molar-refractivity contribution in [3.8, 4) is 11.1 Å². The van der Waals surface area contributed by atoms with E-state index in [-0.39, 0.29) is 6.10 Å². The normalized spacial score (nSPS) is 19.9. The minimum Gasteiger partial charge on any atom is -0.373 e. The number of aryl methyl sites for hydroxylation is 1. The molecule has 0 aliphatic carbocycles. The molecule has 1 nitrogen and oxygen atoms in total. The van der Waals surface area contributed by atoms with Gasteiger partial charge in [0.15, 0.2) is 0 Å². The predicted octanol–water partition coefficient (Wildman–Crippen LogP) is 7.74. The molecule has 2 aromatic rings. The maximum Gasteiger partial charge on any atom is 0.0825 e. The molecule has 0 spiro atoms. The van der Waals surface area contributed by atoms with E-state index < -0.39 is 0 Å². The minimum absolute atomic E-state index is 0.290. The van der Waals surface area contributed by atoms with Crippen LogP contribution in [0.1, 0.15) is 82.4 Å². The number of benzene rings is 2. The van der Waals surface area contributed by atoms with Gasteiger partial charge in [-0.25, -0.2) is 0 Å². The van der Waals surface area contributed by atoms with E-state index in [1.807, 2.05) is 0 Å². The molecule has 1 fully saturated rings. The summed E-state index contributed by atoms with van der Waals surface area (Å²) in [7, 11) is 0. The van der Waals surface area contributed by atoms with Gasteiger partial charge >= 0.3 is 0 Å². The molecule has 1 saturated heterocycles. The third-order valence-electron chi connectivity index (χ3n) is 5.94. The number of hydrogen-bond donors (Lipinski definition) is 0. The lowest BCUT2D eigenvalue weighted by atomic mass is 9.90. The van der Waals surface area contributed by atoms with Crippen LogP contribution in [-0.2, 0) is 11.2 Å². The van der Waals surface area contributed by atoms with Crippen LogP contribution < -0.4 is 0 Å². The summed E-state index contributed by atoms with van der Waals surface area (Å²) >= 11 is 0. The smallest absolute Gasteiger partial charge is 0.0825 e. The summed E-state index contributed by atoms with van der Waals surface area (Å²) in [6.45, 7) is 5.45. The zero-order chi connectivity index (χ0) is 18.9. The Morgan fingerprint density at radius 3 is 2.07 bits per heavy atom. The zero-order valence-electron chi connectivity index (χ0n) is 17.3. The van der Waals surface area contributed by atoms with Gasteiger partial charge < -0.3 is 4.74 Å². The van der Waals surface area contributed by atoms with Crippen LogP contribution in [-0.4, -0.2) is 6.61 Å². The highest BCUT2D eigenvalue weighted by molar-refractivity contribution is 5.64. The van der Waals surface area contributed by atoms with Gasteiger partial charge in [0.2, 0.25) is 0 Å². The van der Waals surface area contributed by atoms with E-state index in [0.29, 0.717) is 0 Å². The summed E-state index contributed by atoms with van der Waals surface area (Å²) in [4.78, 5) is 0. The van der Waals surface area contributed by atoms with Crippen molar-refractivity contribution in [1.82, 2.24) is 0 Å². The van der Waals surface area contributed by atoms with Crippen LogP contribution in [0.5, 0.6) is 0 Å². The van der Waals surface area contributed by atoms with Gasteiger partial charge in [0.05, 0.1) is 12.7 Å². The Morgan fingerprint density at radius 2 is 1.48 bits per heavy atom. The van der Waals surface area contributed by atoms with E-state index in [9.17, 15) is 0 Å². The third-order valence-corrected chi connectivity index (χ3v) is 5.94. The van der Waals surface area contributed by atoms with E-state index in [1.54, 1.807) is 0 Å². The molecule has 1 heterocycles. The van der Waals surface area contributed by atoms with Crippen molar-refractivity contribution < 1.29 is 4.74 Å². The first-order valence-corrected chi connectivity index (χ1v) is 11.1. The zero-order valence-corrected chi connectivity index (χ0v) is 17.3. The molecule has 0 N–H and O–H groups in total. The topological polar surface area (TPSA) is 9.23 Å². The van der Waals surface area contributed by atoms with Gasteiger partial charge in [-0.05, 0) is 53.9 Å². The molecule has 0 aromatic heterocycles. The van der Waals surface area contributed by atoms with E-state index >= 15 is 0 Å². The molecule has 2 atom stereocenters. The van der Waals surface area contributed by atoms with Crippen molar-refractivity contribution in [3.63, 3.8) is 0 Å². The molecule has 0 saturated carbocycles. The molecular weight excluding hydrogens is 328 g/mol. The molecule has 1 aliphatic heterocycles. The summed E-state index contributed by atoms with van der Waals surface area (Å²) in [6, 6.07) is 18.1. The highest BCUT2D eigenvalue weighted by Gasteiger charge is 2.22. The van der Waals surface area contributed by atoms with Crippen LogP contribution >= 0.6 is 0 Å². The average molecular weight is 365 g/mol. The van der Waals surface area contributed by atoms with E-state index in [4.69, 9.17) is 4.74 Å². The molecule has 2 unspecified atom stereocenters. The second-order valence-electron chi connectivity index (χ2n) is 8.18. The number of ether oxygens (including phenoxy) is 1. The molecule has 3 rings (SSSR count). The second kappa shape index (κ2) is 10.7.